The fourth-order valence-electron chi connectivity index (χ4n) is 1.57. The average molecular weight is 285 g/mol. The molecule has 20 heavy (non-hydrogen) atoms. The van der Waals surface area contributed by atoms with Crippen LogP contribution in [-0.2, 0) is 6.54 Å². The minimum atomic E-state index is 0.182. The number of phenols is 1. The highest BCUT2D eigenvalue weighted by atomic mass is 32.1. The van der Waals surface area contributed by atoms with Crippen LogP contribution in [0.1, 0.15) is 11.1 Å². The number of nitrogens with one attached hydrogen (secondary N) is 2. The highest BCUT2D eigenvalue weighted by Crippen LogP contribution is 2.12. The van der Waals surface area contributed by atoms with Crippen LogP contribution in [0.4, 0.5) is 0 Å². The van der Waals surface area contributed by atoms with E-state index in [2.05, 4.69) is 15.8 Å². The molecular weight excluding hydrogens is 270 g/mol. The molecule has 0 aliphatic rings. The first-order valence-corrected chi connectivity index (χ1v) is 6.55. The summed E-state index contributed by atoms with van der Waals surface area (Å²) >= 11 is 5.10. The van der Waals surface area contributed by atoms with Crippen LogP contribution in [-0.4, -0.2) is 16.4 Å². The lowest BCUT2D eigenvalue weighted by Gasteiger charge is -2.06. The van der Waals surface area contributed by atoms with Crippen LogP contribution in [0.25, 0.3) is 0 Å². The van der Waals surface area contributed by atoms with Gasteiger partial charge in [0, 0.05) is 12.1 Å². The lowest BCUT2D eigenvalue weighted by Crippen LogP contribution is -2.31. The molecule has 0 aromatic heterocycles. The molecule has 0 radical (unpaired) electrons. The van der Waals surface area contributed by atoms with Crippen LogP contribution in [0, 0.1) is 0 Å². The molecule has 3 N–H and O–H groups in total. The molecule has 0 unspecified atom stereocenters. The summed E-state index contributed by atoms with van der Waals surface area (Å²) in [6, 6.07) is 16.9. The Labute approximate surface area is 123 Å². The first-order chi connectivity index (χ1) is 9.75. The van der Waals surface area contributed by atoms with E-state index < -0.39 is 0 Å². The molecule has 0 bridgehead atoms. The first kappa shape index (κ1) is 14.0. The van der Waals surface area contributed by atoms with E-state index in [4.69, 9.17) is 12.2 Å². The number of phenolic OH excluding ortho intramolecular Hbond substituents is 1. The van der Waals surface area contributed by atoms with Crippen LogP contribution in [0.5, 0.6) is 5.75 Å². The molecule has 0 saturated carbocycles. The van der Waals surface area contributed by atoms with Gasteiger partial charge in [0.2, 0.25) is 0 Å². The lowest BCUT2D eigenvalue weighted by atomic mass is 10.2. The highest BCUT2D eigenvalue weighted by Gasteiger charge is 1.96. The van der Waals surface area contributed by atoms with Gasteiger partial charge in [-0.05, 0) is 29.9 Å². The Hall–Kier alpha value is -2.40. The van der Waals surface area contributed by atoms with E-state index in [9.17, 15) is 5.11 Å². The van der Waals surface area contributed by atoms with E-state index in [1.54, 1.807) is 18.2 Å². The fourth-order valence-corrected chi connectivity index (χ4v) is 1.70. The predicted octanol–water partition coefficient (Wildman–Crippen LogP) is 2.39. The molecule has 0 heterocycles. The minimum absolute atomic E-state index is 0.182. The van der Waals surface area contributed by atoms with E-state index in [0.717, 1.165) is 5.56 Å². The second-order valence-electron chi connectivity index (χ2n) is 4.10. The van der Waals surface area contributed by atoms with Crippen LogP contribution >= 0.6 is 12.2 Å². The van der Waals surface area contributed by atoms with Crippen molar-refractivity contribution in [1.82, 2.24) is 10.7 Å². The van der Waals surface area contributed by atoms with Gasteiger partial charge in [0.15, 0.2) is 5.11 Å². The molecule has 0 fully saturated rings. The van der Waals surface area contributed by atoms with E-state index in [1.165, 1.54) is 6.21 Å². The zero-order chi connectivity index (χ0) is 14.2. The minimum Gasteiger partial charge on any atom is -0.507 e. The van der Waals surface area contributed by atoms with E-state index in [1.807, 2.05) is 36.4 Å². The summed E-state index contributed by atoms with van der Waals surface area (Å²) in [6.07, 6.45) is 1.52. The quantitative estimate of drug-likeness (QED) is 0.459. The monoisotopic (exact) mass is 285 g/mol. The molecule has 5 heteroatoms. The maximum atomic E-state index is 9.56. The summed E-state index contributed by atoms with van der Waals surface area (Å²) in [6.45, 7) is 0.638. The third kappa shape index (κ3) is 4.37. The number of aromatic hydroxyl groups is 1. The van der Waals surface area contributed by atoms with Crippen molar-refractivity contribution in [3.63, 3.8) is 0 Å². The molecule has 0 aliphatic heterocycles. The number of hydrogen-bond donors (Lipinski definition) is 3. The zero-order valence-electron chi connectivity index (χ0n) is 10.8. The van der Waals surface area contributed by atoms with Crippen molar-refractivity contribution in [2.75, 3.05) is 0 Å². The van der Waals surface area contributed by atoms with Crippen molar-refractivity contribution in [2.24, 2.45) is 5.10 Å². The van der Waals surface area contributed by atoms with Crippen LogP contribution in [0.15, 0.2) is 59.7 Å². The normalized spacial score (nSPS) is 10.4. The highest BCUT2D eigenvalue weighted by molar-refractivity contribution is 7.80. The van der Waals surface area contributed by atoms with Gasteiger partial charge in [-0.25, -0.2) is 0 Å². The number of rotatable bonds is 4. The van der Waals surface area contributed by atoms with Crippen molar-refractivity contribution >= 4 is 23.5 Å². The number of para-hydroxylation sites is 1. The molecule has 2 rings (SSSR count). The van der Waals surface area contributed by atoms with Gasteiger partial charge < -0.3 is 10.4 Å². The summed E-state index contributed by atoms with van der Waals surface area (Å²) in [5.74, 6) is 0.182. The van der Waals surface area contributed by atoms with Gasteiger partial charge in [-0.1, -0.05) is 42.5 Å². The van der Waals surface area contributed by atoms with E-state index in [0.29, 0.717) is 17.2 Å². The SMILES string of the molecule is Oc1ccccc1/C=N\NC(=S)NCc1ccccc1. The number of hydrazone groups is 1. The smallest absolute Gasteiger partial charge is 0.187 e. The molecule has 102 valence electrons. The van der Waals surface area contributed by atoms with Crippen molar-refractivity contribution in [1.29, 1.82) is 0 Å². The van der Waals surface area contributed by atoms with Gasteiger partial charge in [-0.3, -0.25) is 5.43 Å². The summed E-state index contributed by atoms with van der Waals surface area (Å²) in [5.41, 5.74) is 4.48. The Bertz CT molecular complexity index is 599. The Kier molecular flexibility index (Phi) is 5.08. The summed E-state index contributed by atoms with van der Waals surface area (Å²) in [5, 5.41) is 17.0. The van der Waals surface area contributed by atoms with Crippen LogP contribution in [0.3, 0.4) is 0 Å². The third-order valence-corrected chi connectivity index (χ3v) is 2.84. The molecule has 4 nitrogen and oxygen atoms in total. The maximum absolute atomic E-state index is 9.56. The molecule has 0 atom stereocenters. The van der Waals surface area contributed by atoms with Gasteiger partial charge in [0.1, 0.15) is 5.75 Å². The second-order valence-corrected chi connectivity index (χ2v) is 4.51. The van der Waals surface area contributed by atoms with Crippen molar-refractivity contribution in [3.05, 3.63) is 65.7 Å². The third-order valence-electron chi connectivity index (χ3n) is 2.60. The molecule has 2 aromatic rings. The Balaban J connectivity index is 1.79. The van der Waals surface area contributed by atoms with Gasteiger partial charge >= 0.3 is 0 Å². The summed E-state index contributed by atoms with van der Waals surface area (Å²) in [7, 11) is 0. The summed E-state index contributed by atoms with van der Waals surface area (Å²) < 4.78 is 0. The average Bonchev–Trinajstić information content (AvgIpc) is 2.48. The first-order valence-electron chi connectivity index (χ1n) is 6.14. The van der Waals surface area contributed by atoms with Gasteiger partial charge in [-0.15, -0.1) is 0 Å². The largest absolute Gasteiger partial charge is 0.507 e. The fraction of sp³-hybridized carbons (Fsp3) is 0.0667. The molecule has 0 amide bonds. The van der Waals surface area contributed by atoms with Crippen molar-refractivity contribution in [3.8, 4) is 5.75 Å². The Morgan fingerprint density at radius 3 is 2.55 bits per heavy atom. The van der Waals surface area contributed by atoms with Crippen LogP contribution < -0.4 is 10.7 Å². The maximum Gasteiger partial charge on any atom is 0.187 e. The molecule has 0 saturated heterocycles. The Morgan fingerprint density at radius 1 is 1.10 bits per heavy atom. The number of hydrogen-bond acceptors (Lipinski definition) is 3. The van der Waals surface area contributed by atoms with E-state index in [-0.39, 0.29) is 5.75 Å². The standard InChI is InChI=1S/C15H15N3OS/c19-14-9-5-4-8-13(14)11-17-18-15(20)16-10-12-6-2-1-3-7-12/h1-9,11,19H,10H2,(H2,16,18,20)/b17-11-. The number of nitrogens with zero attached hydrogens (tertiary/aromatic N) is 1. The zero-order valence-corrected chi connectivity index (χ0v) is 11.6. The van der Waals surface area contributed by atoms with E-state index >= 15 is 0 Å². The van der Waals surface area contributed by atoms with Crippen molar-refractivity contribution < 1.29 is 5.11 Å². The lowest BCUT2D eigenvalue weighted by molar-refractivity contribution is 0.474. The molecule has 0 spiro atoms. The van der Waals surface area contributed by atoms with Crippen LogP contribution in [0.2, 0.25) is 0 Å². The van der Waals surface area contributed by atoms with Gasteiger partial charge in [0.05, 0.1) is 6.21 Å². The topological polar surface area (TPSA) is 56.7 Å². The molecule has 2 aromatic carbocycles. The van der Waals surface area contributed by atoms with Gasteiger partial charge in [0.25, 0.3) is 0 Å². The number of thiocarbonyl (C=S) groups is 1. The summed E-state index contributed by atoms with van der Waals surface area (Å²) in [4.78, 5) is 0. The number of benzene rings is 2. The van der Waals surface area contributed by atoms with Gasteiger partial charge in [-0.2, -0.15) is 5.10 Å². The predicted molar refractivity (Wildman–Crippen MR) is 84.7 cm³/mol. The Morgan fingerprint density at radius 2 is 1.80 bits per heavy atom. The van der Waals surface area contributed by atoms with Crippen molar-refractivity contribution in [2.45, 2.75) is 6.54 Å². The molecular formula is C15H15N3OS. The molecule has 0 aliphatic carbocycles. The second kappa shape index (κ2) is 7.25.